The summed E-state index contributed by atoms with van der Waals surface area (Å²) in [4.78, 5) is 11.8. The lowest BCUT2D eigenvalue weighted by Gasteiger charge is -2.13. The lowest BCUT2D eigenvalue weighted by molar-refractivity contribution is -0.121. The van der Waals surface area contributed by atoms with Gasteiger partial charge in [-0.2, -0.15) is 0 Å². The molecule has 3 nitrogen and oxygen atoms in total. The molecule has 1 aromatic rings. The van der Waals surface area contributed by atoms with Gasteiger partial charge in [-0.25, -0.2) is 0 Å². The lowest BCUT2D eigenvalue weighted by Crippen LogP contribution is -2.42. The largest absolute Gasteiger partial charge is 0.373 e. The van der Waals surface area contributed by atoms with E-state index in [0.717, 1.165) is 12.1 Å². The van der Waals surface area contributed by atoms with Crippen LogP contribution in [0.15, 0.2) is 24.3 Å². The Bertz CT molecular complexity index is 422. The summed E-state index contributed by atoms with van der Waals surface area (Å²) in [6.07, 6.45) is 5.94. The average Bonchev–Trinajstić information content (AvgIpc) is 2.72. The van der Waals surface area contributed by atoms with E-state index < -0.39 is 0 Å². The highest BCUT2D eigenvalue weighted by Gasteiger charge is 2.26. The highest BCUT2D eigenvalue weighted by molar-refractivity contribution is 5.87. The minimum Gasteiger partial charge on any atom is -0.373 e. The van der Waals surface area contributed by atoms with E-state index in [4.69, 9.17) is 6.42 Å². The van der Waals surface area contributed by atoms with Crippen molar-refractivity contribution in [1.29, 1.82) is 0 Å². The molecule has 2 atom stereocenters. The van der Waals surface area contributed by atoms with Crippen molar-refractivity contribution in [3.63, 3.8) is 0 Å². The van der Waals surface area contributed by atoms with Gasteiger partial charge < -0.3 is 10.6 Å². The van der Waals surface area contributed by atoms with E-state index in [2.05, 4.69) is 16.6 Å². The smallest absolute Gasteiger partial charge is 0.243 e. The Hall–Kier alpha value is -1.95. The first-order chi connectivity index (χ1) is 7.70. The van der Waals surface area contributed by atoms with E-state index in [0.29, 0.717) is 0 Å². The summed E-state index contributed by atoms with van der Waals surface area (Å²) in [5, 5.41) is 5.95. The maximum atomic E-state index is 11.8. The minimum atomic E-state index is -0.224. The normalized spacial score (nSPS) is 19.1. The number of anilines is 1. The molecule has 0 radical (unpaired) electrons. The first-order valence-corrected chi connectivity index (χ1v) is 5.31. The summed E-state index contributed by atoms with van der Waals surface area (Å²) in [5.74, 6) is 2.44. The Balaban J connectivity index is 2.01. The number of carbonyl (C=O) groups is 1. The summed E-state index contributed by atoms with van der Waals surface area (Å²) in [7, 11) is 0. The predicted molar refractivity (Wildman–Crippen MR) is 64.0 cm³/mol. The molecule has 1 amide bonds. The minimum absolute atomic E-state index is 0.0401. The van der Waals surface area contributed by atoms with Crippen LogP contribution in [-0.2, 0) is 11.2 Å². The number of benzene rings is 1. The van der Waals surface area contributed by atoms with Gasteiger partial charge in [0.1, 0.15) is 6.04 Å². The molecule has 2 N–H and O–H groups in total. The number of terminal acetylenes is 1. The Morgan fingerprint density at radius 2 is 2.38 bits per heavy atom. The van der Waals surface area contributed by atoms with E-state index in [1.807, 2.05) is 24.3 Å². The van der Waals surface area contributed by atoms with E-state index in [-0.39, 0.29) is 18.0 Å². The second kappa shape index (κ2) is 4.28. The molecule has 0 saturated carbocycles. The molecular formula is C13H14N2O. The molecule has 0 bridgehead atoms. The average molecular weight is 214 g/mol. The van der Waals surface area contributed by atoms with Crippen LogP contribution in [0.3, 0.4) is 0 Å². The van der Waals surface area contributed by atoms with Crippen molar-refractivity contribution in [1.82, 2.24) is 5.32 Å². The highest BCUT2D eigenvalue weighted by Crippen LogP contribution is 2.24. The molecule has 0 aromatic heterocycles. The Labute approximate surface area is 95.2 Å². The quantitative estimate of drug-likeness (QED) is 0.725. The number of nitrogens with one attached hydrogen (secondary N) is 2. The molecule has 1 aliphatic heterocycles. The molecule has 1 aromatic carbocycles. The van der Waals surface area contributed by atoms with Gasteiger partial charge in [0.2, 0.25) is 5.91 Å². The van der Waals surface area contributed by atoms with Crippen molar-refractivity contribution in [2.45, 2.75) is 25.4 Å². The number of hydrogen-bond donors (Lipinski definition) is 2. The SMILES string of the molecule is C#CC(C)NC(=O)C1Cc2ccccc2N1. The number of hydrogen-bond acceptors (Lipinski definition) is 2. The Morgan fingerprint density at radius 3 is 3.06 bits per heavy atom. The third kappa shape index (κ3) is 2.01. The summed E-state index contributed by atoms with van der Waals surface area (Å²) in [5.41, 5.74) is 2.21. The van der Waals surface area contributed by atoms with Gasteiger partial charge in [0.15, 0.2) is 0 Å². The number of para-hydroxylation sites is 1. The predicted octanol–water partition coefficient (Wildman–Crippen LogP) is 1.16. The molecule has 3 heteroatoms. The lowest BCUT2D eigenvalue weighted by atomic mass is 10.1. The molecule has 2 rings (SSSR count). The van der Waals surface area contributed by atoms with Crippen molar-refractivity contribution < 1.29 is 4.79 Å². The summed E-state index contributed by atoms with van der Waals surface area (Å²) in [6, 6.07) is 7.51. The molecule has 1 aliphatic rings. The zero-order valence-electron chi connectivity index (χ0n) is 9.16. The Morgan fingerprint density at radius 1 is 1.62 bits per heavy atom. The second-order valence-corrected chi connectivity index (χ2v) is 3.96. The fourth-order valence-corrected chi connectivity index (χ4v) is 1.81. The number of carbonyl (C=O) groups excluding carboxylic acids is 1. The van der Waals surface area contributed by atoms with Crippen molar-refractivity contribution in [2.75, 3.05) is 5.32 Å². The van der Waals surface area contributed by atoms with Crippen LogP contribution in [0.5, 0.6) is 0 Å². The van der Waals surface area contributed by atoms with Crippen LogP contribution >= 0.6 is 0 Å². The van der Waals surface area contributed by atoms with Gasteiger partial charge >= 0.3 is 0 Å². The van der Waals surface area contributed by atoms with Gasteiger partial charge in [0.25, 0.3) is 0 Å². The van der Waals surface area contributed by atoms with Crippen molar-refractivity contribution in [3.8, 4) is 12.3 Å². The van der Waals surface area contributed by atoms with Crippen LogP contribution in [0.4, 0.5) is 5.69 Å². The van der Waals surface area contributed by atoms with Gasteiger partial charge in [-0.3, -0.25) is 4.79 Å². The standard InChI is InChI=1S/C13H14N2O/c1-3-9(2)14-13(16)12-8-10-6-4-5-7-11(10)15-12/h1,4-7,9,12,15H,8H2,2H3,(H,14,16). The zero-order valence-corrected chi connectivity index (χ0v) is 9.16. The third-order valence-corrected chi connectivity index (χ3v) is 2.70. The highest BCUT2D eigenvalue weighted by atomic mass is 16.2. The third-order valence-electron chi connectivity index (χ3n) is 2.70. The van der Waals surface area contributed by atoms with Crippen LogP contribution in [0, 0.1) is 12.3 Å². The number of rotatable bonds is 2. The van der Waals surface area contributed by atoms with Crippen LogP contribution in [0.2, 0.25) is 0 Å². The maximum Gasteiger partial charge on any atom is 0.243 e. The van der Waals surface area contributed by atoms with Gasteiger partial charge in [0, 0.05) is 12.1 Å². The summed E-state index contributed by atoms with van der Waals surface area (Å²) < 4.78 is 0. The van der Waals surface area contributed by atoms with Crippen LogP contribution < -0.4 is 10.6 Å². The molecule has 0 aliphatic carbocycles. The van der Waals surface area contributed by atoms with Gasteiger partial charge in [-0.1, -0.05) is 24.1 Å². The zero-order chi connectivity index (χ0) is 11.5. The maximum absolute atomic E-state index is 11.8. The fourth-order valence-electron chi connectivity index (χ4n) is 1.81. The fraction of sp³-hybridized carbons (Fsp3) is 0.308. The molecular weight excluding hydrogens is 200 g/mol. The summed E-state index contributed by atoms with van der Waals surface area (Å²) in [6.45, 7) is 1.79. The van der Waals surface area contributed by atoms with Crippen molar-refractivity contribution >= 4 is 11.6 Å². The van der Waals surface area contributed by atoms with E-state index in [9.17, 15) is 4.79 Å². The first-order valence-electron chi connectivity index (χ1n) is 5.31. The Kier molecular flexibility index (Phi) is 2.82. The number of amides is 1. The molecule has 0 spiro atoms. The topological polar surface area (TPSA) is 41.1 Å². The molecule has 0 fully saturated rings. The van der Waals surface area contributed by atoms with Crippen LogP contribution in [-0.4, -0.2) is 18.0 Å². The van der Waals surface area contributed by atoms with Gasteiger partial charge in [-0.15, -0.1) is 6.42 Å². The van der Waals surface area contributed by atoms with Crippen molar-refractivity contribution in [2.24, 2.45) is 0 Å². The van der Waals surface area contributed by atoms with Crippen molar-refractivity contribution in [3.05, 3.63) is 29.8 Å². The number of fused-ring (bicyclic) bond motifs is 1. The molecule has 2 unspecified atom stereocenters. The van der Waals surface area contributed by atoms with Gasteiger partial charge in [-0.05, 0) is 18.6 Å². The van der Waals surface area contributed by atoms with E-state index >= 15 is 0 Å². The molecule has 16 heavy (non-hydrogen) atoms. The van der Waals surface area contributed by atoms with Crippen LogP contribution in [0.1, 0.15) is 12.5 Å². The van der Waals surface area contributed by atoms with E-state index in [1.165, 1.54) is 5.56 Å². The molecule has 82 valence electrons. The van der Waals surface area contributed by atoms with E-state index in [1.54, 1.807) is 6.92 Å². The first kappa shape index (κ1) is 10.6. The monoisotopic (exact) mass is 214 g/mol. The second-order valence-electron chi connectivity index (χ2n) is 3.96. The molecule has 1 heterocycles. The molecule has 0 saturated heterocycles. The summed E-state index contributed by atoms with van der Waals surface area (Å²) >= 11 is 0. The van der Waals surface area contributed by atoms with Crippen LogP contribution in [0.25, 0.3) is 0 Å². The van der Waals surface area contributed by atoms with Gasteiger partial charge in [0.05, 0.1) is 6.04 Å².